The Morgan fingerprint density at radius 1 is 1.08 bits per heavy atom. The zero-order valence-corrected chi connectivity index (χ0v) is 29.6. The van der Waals surface area contributed by atoms with Gasteiger partial charge in [-0.25, -0.2) is 8.42 Å². The maximum absolute atomic E-state index is 12.5. The highest BCUT2D eigenvalue weighted by Crippen LogP contribution is 2.33. The normalized spacial score (nSPS) is 22.4. The zero-order valence-electron chi connectivity index (χ0n) is 27.2. The number of hydrogen-bond acceptors (Lipinski definition) is 7. The van der Waals surface area contributed by atoms with Crippen molar-refractivity contribution in [3.05, 3.63) is 87.6 Å². The van der Waals surface area contributed by atoms with Crippen LogP contribution in [-0.4, -0.2) is 103 Å². The summed E-state index contributed by atoms with van der Waals surface area (Å²) in [6, 6.07) is 5.66. The van der Waals surface area contributed by atoms with Crippen LogP contribution < -0.4 is 5.32 Å². The molecule has 1 aromatic heterocycles. The minimum absolute atomic E-state index is 0.0707. The Bertz CT molecular complexity index is 1780. The number of nitrogens with one attached hydrogen (secondary N) is 1. The summed E-state index contributed by atoms with van der Waals surface area (Å²) in [5.74, 6) is 6.74. The summed E-state index contributed by atoms with van der Waals surface area (Å²) in [6.45, 7) is 5.95. The van der Waals surface area contributed by atoms with E-state index in [0.29, 0.717) is 55.5 Å². The van der Waals surface area contributed by atoms with Crippen LogP contribution in [0.2, 0.25) is 5.02 Å². The van der Waals surface area contributed by atoms with Crippen molar-refractivity contribution in [2.75, 3.05) is 58.7 Å². The molecule has 2 aliphatic carbocycles. The lowest BCUT2D eigenvalue weighted by atomic mass is 9.96. The fraction of sp³-hybridized carbons (Fsp3) is 0.472. The van der Waals surface area contributed by atoms with Crippen LogP contribution in [-0.2, 0) is 34.3 Å². The number of rotatable bonds is 10. The molecule has 256 valence electrons. The standard InChI is InChI=1S/C36H43Cl2N5O4S/c1-48(45,46)42-15-14-35-33(25-42)36(40-43(35)24-32(44)23-41-16-18-47-19-17-41)30-10-13-34(38)29(20-30)9-6-26-2-4-27(5-3-26)21-39-22-28-7-11-31(37)12-8-28/h2,4-5,7-8,10-11,13,20,26,31-32,39,44H,3,12,14-19,21-25H2,1H3/t26?,31?,32-/m0/s1. The summed E-state index contributed by atoms with van der Waals surface area (Å²) in [4.78, 5) is 2.19. The van der Waals surface area contributed by atoms with E-state index in [1.54, 1.807) is 0 Å². The number of morpholine rings is 1. The minimum Gasteiger partial charge on any atom is -0.390 e. The van der Waals surface area contributed by atoms with Gasteiger partial charge in [-0.2, -0.15) is 9.40 Å². The van der Waals surface area contributed by atoms with Gasteiger partial charge in [-0.15, -0.1) is 11.6 Å². The number of halogens is 2. The molecule has 2 aromatic rings. The summed E-state index contributed by atoms with van der Waals surface area (Å²) in [7, 11) is -3.39. The van der Waals surface area contributed by atoms with Gasteiger partial charge in [0.05, 0.1) is 48.2 Å². The molecule has 0 amide bonds. The smallest absolute Gasteiger partial charge is 0.211 e. The first-order valence-electron chi connectivity index (χ1n) is 16.5. The number of ether oxygens (including phenoxy) is 1. The molecule has 1 saturated heterocycles. The van der Waals surface area contributed by atoms with Crippen molar-refractivity contribution in [3.8, 4) is 23.1 Å². The average molecular weight is 713 g/mol. The Morgan fingerprint density at radius 3 is 2.52 bits per heavy atom. The van der Waals surface area contributed by atoms with Gasteiger partial charge in [0.1, 0.15) is 0 Å². The summed E-state index contributed by atoms with van der Waals surface area (Å²) in [5, 5.41) is 20.1. The van der Waals surface area contributed by atoms with Crippen molar-refractivity contribution in [1.82, 2.24) is 24.3 Å². The van der Waals surface area contributed by atoms with Crippen LogP contribution >= 0.6 is 23.2 Å². The van der Waals surface area contributed by atoms with Crippen LogP contribution in [0.25, 0.3) is 11.3 Å². The third-order valence-electron chi connectivity index (χ3n) is 9.12. The third kappa shape index (κ3) is 9.09. The van der Waals surface area contributed by atoms with Crippen LogP contribution in [0, 0.1) is 17.8 Å². The van der Waals surface area contributed by atoms with E-state index in [9.17, 15) is 13.5 Å². The lowest BCUT2D eigenvalue weighted by Crippen LogP contribution is -2.42. The minimum atomic E-state index is -3.39. The van der Waals surface area contributed by atoms with Gasteiger partial charge in [-0.3, -0.25) is 9.58 Å². The molecule has 2 unspecified atom stereocenters. The molecule has 0 bridgehead atoms. The van der Waals surface area contributed by atoms with Gasteiger partial charge in [0.2, 0.25) is 10.0 Å². The predicted octanol–water partition coefficient (Wildman–Crippen LogP) is 4.15. The first kappa shape index (κ1) is 35.1. The van der Waals surface area contributed by atoms with E-state index < -0.39 is 16.1 Å². The maximum atomic E-state index is 12.5. The van der Waals surface area contributed by atoms with Gasteiger partial charge in [0, 0.05) is 80.5 Å². The molecule has 3 heterocycles. The zero-order chi connectivity index (χ0) is 33.7. The van der Waals surface area contributed by atoms with Gasteiger partial charge in [-0.05, 0) is 36.1 Å². The van der Waals surface area contributed by atoms with E-state index >= 15 is 0 Å². The number of hydrogen-bond donors (Lipinski definition) is 2. The topological polar surface area (TPSA) is 99.9 Å². The van der Waals surface area contributed by atoms with Crippen molar-refractivity contribution in [1.29, 1.82) is 0 Å². The molecule has 6 rings (SSSR count). The number of aliphatic hydroxyl groups is 1. The molecule has 2 N–H and O–H groups in total. The molecule has 1 fully saturated rings. The van der Waals surface area contributed by atoms with Crippen LogP contribution in [0.1, 0.15) is 29.7 Å². The van der Waals surface area contributed by atoms with Crippen molar-refractivity contribution in [2.45, 2.75) is 43.8 Å². The van der Waals surface area contributed by atoms with Gasteiger partial charge in [-0.1, -0.05) is 66.0 Å². The highest BCUT2D eigenvalue weighted by Gasteiger charge is 2.30. The average Bonchev–Trinajstić information content (AvgIpc) is 3.43. The van der Waals surface area contributed by atoms with Crippen LogP contribution in [0.4, 0.5) is 0 Å². The van der Waals surface area contributed by atoms with E-state index in [-0.39, 0.29) is 17.8 Å². The van der Waals surface area contributed by atoms with Crippen molar-refractivity contribution in [3.63, 3.8) is 0 Å². The van der Waals surface area contributed by atoms with Gasteiger partial charge < -0.3 is 15.2 Å². The first-order valence-corrected chi connectivity index (χ1v) is 19.2. The van der Waals surface area contributed by atoms with Crippen molar-refractivity contribution < 1.29 is 18.3 Å². The largest absolute Gasteiger partial charge is 0.390 e. The second-order valence-corrected chi connectivity index (χ2v) is 15.8. The maximum Gasteiger partial charge on any atom is 0.211 e. The SMILES string of the molecule is CS(=O)(=O)N1CCc2c(c(-c3ccc(Cl)c(C#CC4C=CC(CNCC5=CCC(Cl)C=C5)=CC4)c3)nn2C[C@@H](O)CN2CCOCC2)C1. The Hall–Kier alpha value is -2.72. The lowest BCUT2D eigenvalue weighted by Gasteiger charge is -2.29. The molecule has 1 aromatic carbocycles. The third-order valence-corrected chi connectivity index (χ3v) is 11.0. The quantitative estimate of drug-likeness (QED) is 0.282. The molecular weight excluding hydrogens is 669 g/mol. The number of nitrogens with zero attached hydrogens (tertiary/aromatic N) is 4. The van der Waals surface area contributed by atoms with Crippen molar-refractivity contribution in [2.24, 2.45) is 5.92 Å². The Morgan fingerprint density at radius 2 is 1.83 bits per heavy atom. The molecule has 48 heavy (non-hydrogen) atoms. The molecule has 2 aliphatic heterocycles. The van der Waals surface area contributed by atoms with Crippen LogP contribution in [0.3, 0.4) is 0 Å². The molecule has 4 aliphatic rings. The number of alkyl halides is 1. The second-order valence-electron chi connectivity index (χ2n) is 12.8. The Kier molecular flexibility index (Phi) is 11.6. The van der Waals surface area contributed by atoms with Crippen molar-refractivity contribution >= 4 is 33.2 Å². The fourth-order valence-electron chi connectivity index (χ4n) is 6.43. The van der Waals surface area contributed by atoms with Crippen LogP contribution in [0.15, 0.2) is 65.8 Å². The molecule has 3 atom stereocenters. The van der Waals surface area contributed by atoms with E-state index in [1.807, 2.05) is 29.0 Å². The monoisotopic (exact) mass is 711 g/mol. The fourth-order valence-corrected chi connectivity index (χ4v) is 7.55. The molecule has 12 heteroatoms. The molecule has 0 spiro atoms. The number of allylic oxidation sites excluding steroid dienone is 4. The molecule has 9 nitrogen and oxygen atoms in total. The molecule has 0 radical (unpaired) electrons. The summed E-state index contributed by atoms with van der Waals surface area (Å²) < 4.78 is 33.8. The van der Waals surface area contributed by atoms with E-state index in [2.05, 4.69) is 52.4 Å². The van der Waals surface area contributed by atoms with E-state index in [0.717, 1.165) is 55.8 Å². The number of aromatic nitrogens is 2. The van der Waals surface area contributed by atoms with Gasteiger partial charge >= 0.3 is 0 Å². The second kappa shape index (κ2) is 15.9. The molecule has 0 saturated carbocycles. The summed E-state index contributed by atoms with van der Waals surface area (Å²) in [5.41, 5.74) is 6.50. The highest BCUT2D eigenvalue weighted by atomic mass is 35.5. The van der Waals surface area contributed by atoms with Crippen LogP contribution in [0.5, 0.6) is 0 Å². The summed E-state index contributed by atoms with van der Waals surface area (Å²) >= 11 is 12.8. The number of aliphatic hydroxyl groups excluding tert-OH is 1. The van der Waals surface area contributed by atoms with Gasteiger partial charge in [0.25, 0.3) is 0 Å². The number of β-amino-alcohol motifs (C(OH)–C–C–N with tert-alkyl or cyclic N) is 1. The molecular formula is C36H43Cl2N5O4S. The summed E-state index contributed by atoms with van der Waals surface area (Å²) in [6.07, 6.45) is 15.6. The van der Waals surface area contributed by atoms with E-state index in [4.69, 9.17) is 33.0 Å². The van der Waals surface area contributed by atoms with E-state index in [1.165, 1.54) is 21.7 Å². The number of fused-ring (bicyclic) bond motifs is 1. The highest BCUT2D eigenvalue weighted by molar-refractivity contribution is 7.88. The van der Waals surface area contributed by atoms with Gasteiger partial charge in [0.15, 0.2) is 0 Å². The number of sulfonamides is 1. The Labute approximate surface area is 294 Å². The Balaban J connectivity index is 1.15. The number of benzene rings is 1. The first-order chi connectivity index (χ1) is 23.1. The lowest BCUT2D eigenvalue weighted by molar-refractivity contribution is 0.0106. The predicted molar refractivity (Wildman–Crippen MR) is 191 cm³/mol.